The molecule has 0 aromatic carbocycles. The van der Waals surface area contributed by atoms with Crippen LogP contribution >= 0.6 is 11.6 Å². The molecule has 10 heteroatoms. The summed E-state index contributed by atoms with van der Waals surface area (Å²) >= 11 is 5.76. The fourth-order valence-corrected chi connectivity index (χ4v) is 2.51. The Morgan fingerprint density at radius 1 is 1.38 bits per heavy atom. The van der Waals surface area contributed by atoms with Crippen molar-refractivity contribution in [2.45, 2.75) is 13.0 Å². The summed E-state index contributed by atoms with van der Waals surface area (Å²) in [7, 11) is 0. The monoisotopic (exact) mass is 369 g/mol. The maximum atomic E-state index is 12.2. The van der Waals surface area contributed by atoms with Gasteiger partial charge < -0.3 is 10.5 Å². The third-order valence-corrected chi connectivity index (χ3v) is 3.88. The zero-order valence-electron chi connectivity index (χ0n) is 13.3. The number of pyridine rings is 2. The van der Waals surface area contributed by atoms with Gasteiger partial charge in [0.2, 0.25) is 11.6 Å². The Bertz CT molecular complexity index is 983. The first-order chi connectivity index (χ1) is 12.6. The number of rotatable bonds is 5. The Kier molecular flexibility index (Phi) is 5.05. The van der Waals surface area contributed by atoms with E-state index >= 15 is 0 Å². The van der Waals surface area contributed by atoms with Crippen molar-refractivity contribution in [3.8, 4) is 11.8 Å². The molecule has 130 valence electrons. The van der Waals surface area contributed by atoms with Gasteiger partial charge >= 0.3 is 0 Å². The molecule has 1 amide bonds. The molecule has 0 atom stereocenters. The minimum Gasteiger partial charge on any atom is -0.617 e. The predicted molar refractivity (Wildman–Crippen MR) is 89.8 cm³/mol. The van der Waals surface area contributed by atoms with Crippen LogP contribution in [0.2, 0.25) is 5.15 Å². The van der Waals surface area contributed by atoms with Gasteiger partial charge in [-0.3, -0.25) is 9.78 Å². The molecule has 1 N–H and O–H groups in total. The fraction of sp³-hybridized carbons (Fsp3) is 0.125. The zero-order valence-corrected chi connectivity index (χ0v) is 14.1. The van der Waals surface area contributed by atoms with Crippen LogP contribution < -0.4 is 10.0 Å². The van der Waals surface area contributed by atoms with Gasteiger partial charge in [0.1, 0.15) is 30.7 Å². The van der Waals surface area contributed by atoms with E-state index in [1.807, 2.05) is 6.07 Å². The van der Waals surface area contributed by atoms with Gasteiger partial charge in [-0.05, 0) is 23.7 Å². The average molecular weight is 370 g/mol. The molecule has 0 spiro atoms. The Hall–Kier alpha value is -3.51. The van der Waals surface area contributed by atoms with Crippen LogP contribution in [-0.2, 0) is 17.8 Å². The minimum atomic E-state index is -0.429. The van der Waals surface area contributed by atoms with E-state index in [0.29, 0.717) is 10.3 Å². The van der Waals surface area contributed by atoms with Gasteiger partial charge in [-0.2, -0.15) is 15.1 Å². The molecule has 0 saturated carbocycles. The predicted octanol–water partition coefficient (Wildman–Crippen LogP) is 0.680. The van der Waals surface area contributed by atoms with Crippen molar-refractivity contribution in [2.24, 2.45) is 0 Å². The number of nitrogens with zero attached hydrogens (tertiary/aromatic N) is 6. The molecule has 3 heterocycles. The second-order valence-corrected chi connectivity index (χ2v) is 5.61. The second-order valence-electron chi connectivity index (χ2n) is 5.22. The molecule has 0 radical (unpaired) electrons. The van der Waals surface area contributed by atoms with Gasteiger partial charge in [0.05, 0.1) is 5.69 Å². The van der Waals surface area contributed by atoms with Crippen LogP contribution in [0.5, 0.6) is 0 Å². The topological polar surface area (TPSA) is 123 Å². The van der Waals surface area contributed by atoms with Crippen molar-refractivity contribution in [3.05, 3.63) is 70.4 Å². The summed E-state index contributed by atoms with van der Waals surface area (Å²) in [5.74, 6) is -0.429. The molecule has 9 nitrogen and oxygen atoms in total. The molecule has 0 aliphatic heterocycles. The first-order valence-electron chi connectivity index (χ1n) is 7.45. The van der Waals surface area contributed by atoms with E-state index < -0.39 is 5.91 Å². The van der Waals surface area contributed by atoms with Gasteiger partial charge in [-0.15, -0.1) is 0 Å². The number of hydrogen-bond donors (Lipinski definition) is 1. The lowest BCUT2D eigenvalue weighted by Gasteiger charge is -2.10. The maximum Gasteiger partial charge on any atom is 0.286 e. The molecule has 3 rings (SSSR count). The quantitative estimate of drug-likeness (QED) is 0.400. The lowest BCUT2D eigenvalue weighted by Crippen LogP contribution is -2.38. The summed E-state index contributed by atoms with van der Waals surface area (Å²) in [6.45, 7) is 0.170. The highest BCUT2D eigenvalue weighted by Gasteiger charge is 2.20. The van der Waals surface area contributed by atoms with Crippen LogP contribution in [0.25, 0.3) is 5.69 Å². The molecule has 26 heavy (non-hydrogen) atoms. The van der Waals surface area contributed by atoms with Crippen LogP contribution in [0.1, 0.15) is 16.8 Å². The Labute approximate surface area is 153 Å². The summed E-state index contributed by atoms with van der Waals surface area (Å²) in [6, 6.07) is 6.35. The first-order valence-corrected chi connectivity index (χ1v) is 7.83. The van der Waals surface area contributed by atoms with Gasteiger partial charge in [-0.1, -0.05) is 0 Å². The number of amides is 1. The van der Waals surface area contributed by atoms with E-state index in [0.717, 1.165) is 5.69 Å². The standard InChI is InChI=1S/C16H12ClN7O2/c17-15-2-1-11(6-18)14(24(15)26)5-16(25)21-8-12-7-19-4-3-13(12)23-10-20-9-22-23/h1-4,7,9-10H,5,8H2,(H,21,25). The highest BCUT2D eigenvalue weighted by Crippen LogP contribution is 2.12. The van der Waals surface area contributed by atoms with E-state index in [2.05, 4.69) is 20.4 Å². The van der Waals surface area contributed by atoms with E-state index in [4.69, 9.17) is 16.9 Å². The zero-order chi connectivity index (χ0) is 18.5. The summed E-state index contributed by atoms with van der Waals surface area (Å²) in [5, 5.41) is 27.7. The fourth-order valence-electron chi connectivity index (χ4n) is 2.34. The lowest BCUT2D eigenvalue weighted by molar-refractivity contribution is -0.611. The van der Waals surface area contributed by atoms with Gasteiger partial charge in [0.25, 0.3) is 5.15 Å². The summed E-state index contributed by atoms with van der Waals surface area (Å²) < 4.78 is 1.93. The van der Waals surface area contributed by atoms with Crippen molar-refractivity contribution < 1.29 is 9.52 Å². The normalized spacial score (nSPS) is 10.3. The van der Waals surface area contributed by atoms with Crippen molar-refractivity contribution in [1.82, 2.24) is 25.1 Å². The summed E-state index contributed by atoms with van der Waals surface area (Å²) in [4.78, 5) is 20.2. The highest BCUT2D eigenvalue weighted by molar-refractivity contribution is 6.28. The molecule has 0 bridgehead atoms. The third kappa shape index (κ3) is 3.60. The van der Waals surface area contributed by atoms with Crippen LogP contribution in [0.4, 0.5) is 0 Å². The number of nitrogens with one attached hydrogen (secondary N) is 1. The number of nitriles is 1. The third-order valence-electron chi connectivity index (χ3n) is 3.61. The number of aromatic nitrogens is 5. The van der Waals surface area contributed by atoms with Gasteiger partial charge in [-0.25, -0.2) is 9.67 Å². The molecular weight excluding hydrogens is 358 g/mol. The Morgan fingerprint density at radius 2 is 2.23 bits per heavy atom. The van der Waals surface area contributed by atoms with E-state index in [1.165, 1.54) is 24.8 Å². The Morgan fingerprint density at radius 3 is 2.96 bits per heavy atom. The lowest BCUT2D eigenvalue weighted by atomic mass is 10.1. The van der Waals surface area contributed by atoms with E-state index in [9.17, 15) is 10.0 Å². The highest BCUT2D eigenvalue weighted by atomic mass is 35.5. The first kappa shape index (κ1) is 17.3. The number of halogens is 1. The largest absolute Gasteiger partial charge is 0.617 e. The van der Waals surface area contributed by atoms with Crippen molar-refractivity contribution in [2.75, 3.05) is 0 Å². The molecule has 0 unspecified atom stereocenters. The summed E-state index contributed by atoms with van der Waals surface area (Å²) in [6.07, 6.45) is 5.87. The van der Waals surface area contributed by atoms with Crippen LogP contribution in [-0.4, -0.2) is 25.7 Å². The van der Waals surface area contributed by atoms with Gasteiger partial charge in [0, 0.05) is 30.6 Å². The molecule has 3 aromatic rings. The van der Waals surface area contributed by atoms with Crippen LogP contribution in [0.15, 0.2) is 43.2 Å². The molecule has 0 aliphatic carbocycles. The maximum absolute atomic E-state index is 12.2. The van der Waals surface area contributed by atoms with Crippen LogP contribution in [0.3, 0.4) is 0 Å². The van der Waals surface area contributed by atoms with Crippen molar-refractivity contribution in [1.29, 1.82) is 5.26 Å². The van der Waals surface area contributed by atoms with E-state index in [-0.39, 0.29) is 29.4 Å². The van der Waals surface area contributed by atoms with Gasteiger partial charge in [0.15, 0.2) is 0 Å². The molecule has 0 fully saturated rings. The average Bonchev–Trinajstić information content (AvgIpc) is 3.19. The smallest absolute Gasteiger partial charge is 0.286 e. The summed E-state index contributed by atoms with van der Waals surface area (Å²) in [5.41, 5.74) is 1.54. The molecule has 0 saturated heterocycles. The number of carbonyl (C=O) groups is 1. The molecule has 3 aromatic heterocycles. The van der Waals surface area contributed by atoms with Crippen molar-refractivity contribution >= 4 is 17.5 Å². The number of hydrogen-bond acceptors (Lipinski definition) is 6. The van der Waals surface area contributed by atoms with Crippen LogP contribution in [0, 0.1) is 16.5 Å². The molecular formula is C16H12ClN7O2. The molecule has 0 aliphatic rings. The van der Waals surface area contributed by atoms with Crippen molar-refractivity contribution in [3.63, 3.8) is 0 Å². The van der Waals surface area contributed by atoms with E-state index in [1.54, 1.807) is 23.1 Å². The number of carbonyl (C=O) groups excluding carboxylic acids is 1. The second kappa shape index (κ2) is 7.58. The SMILES string of the molecule is N#Cc1ccc(Cl)[n+]([O-])c1CC(=O)NCc1cnccc1-n1cncn1. The minimum absolute atomic E-state index is 0.000173. The Balaban J connectivity index is 1.74.